The number of amides is 1. The molecular weight excluding hydrogens is 426 g/mol. The lowest BCUT2D eigenvalue weighted by molar-refractivity contribution is -0.118. The van der Waals surface area contributed by atoms with E-state index in [1.54, 1.807) is 0 Å². The van der Waals surface area contributed by atoms with E-state index >= 15 is 0 Å². The van der Waals surface area contributed by atoms with E-state index in [4.69, 9.17) is 4.98 Å². The van der Waals surface area contributed by atoms with E-state index in [0.29, 0.717) is 12.3 Å². The predicted molar refractivity (Wildman–Crippen MR) is 126 cm³/mol. The number of nitrogens with zero attached hydrogens (tertiary/aromatic N) is 4. The second kappa shape index (κ2) is 8.59. The average Bonchev–Trinajstić information content (AvgIpc) is 3.37. The van der Waals surface area contributed by atoms with Gasteiger partial charge in [0.05, 0.1) is 11.1 Å². The fraction of sp³-hybridized carbons (Fsp3) is 0.391. The third kappa shape index (κ3) is 3.94. The van der Waals surface area contributed by atoms with Crippen molar-refractivity contribution in [2.24, 2.45) is 0 Å². The average molecular weight is 452 g/mol. The number of carbonyl (C=O) groups is 1. The van der Waals surface area contributed by atoms with Crippen LogP contribution in [0.4, 0.5) is 0 Å². The van der Waals surface area contributed by atoms with E-state index in [1.807, 2.05) is 41.7 Å². The molecule has 0 unspecified atom stereocenters. The number of aryl methyl sites for hydroxylation is 2. The van der Waals surface area contributed by atoms with Gasteiger partial charge in [-0.1, -0.05) is 55.9 Å². The summed E-state index contributed by atoms with van der Waals surface area (Å²) in [5.41, 5.74) is 3.38. The van der Waals surface area contributed by atoms with E-state index in [9.17, 15) is 4.79 Å². The predicted octanol–water partition coefficient (Wildman–Crippen LogP) is 4.75. The molecule has 0 saturated heterocycles. The number of thioether (sulfide) groups is 1. The van der Waals surface area contributed by atoms with Crippen molar-refractivity contribution in [2.45, 2.75) is 57.1 Å². The van der Waals surface area contributed by atoms with Crippen molar-refractivity contribution in [3.05, 3.63) is 52.2 Å². The van der Waals surface area contributed by atoms with Gasteiger partial charge in [0.25, 0.3) is 0 Å². The van der Waals surface area contributed by atoms with Crippen LogP contribution in [0.3, 0.4) is 0 Å². The molecule has 31 heavy (non-hydrogen) atoms. The van der Waals surface area contributed by atoms with Gasteiger partial charge in [0.15, 0.2) is 10.8 Å². The summed E-state index contributed by atoms with van der Waals surface area (Å²) in [6.45, 7) is 4.81. The number of rotatable bonds is 6. The second-order valence-electron chi connectivity index (χ2n) is 8.21. The van der Waals surface area contributed by atoms with Gasteiger partial charge in [0.1, 0.15) is 10.7 Å². The molecule has 0 bridgehead atoms. The number of benzene rings is 1. The summed E-state index contributed by atoms with van der Waals surface area (Å²) in [6, 6.07) is 9.94. The Hall–Kier alpha value is -2.45. The Morgan fingerprint density at radius 3 is 2.81 bits per heavy atom. The third-order valence-corrected chi connectivity index (χ3v) is 7.75. The summed E-state index contributed by atoms with van der Waals surface area (Å²) in [4.78, 5) is 20.0. The molecule has 1 aliphatic carbocycles. The van der Waals surface area contributed by atoms with Gasteiger partial charge in [-0.15, -0.1) is 21.5 Å². The Balaban J connectivity index is 1.43. The Kier molecular flexibility index (Phi) is 5.67. The highest BCUT2D eigenvalue weighted by atomic mass is 32.2. The number of aromatic nitrogens is 4. The molecule has 8 heteroatoms. The lowest BCUT2D eigenvalue weighted by atomic mass is 9.97. The summed E-state index contributed by atoms with van der Waals surface area (Å²) in [7, 11) is 0. The van der Waals surface area contributed by atoms with Crippen LogP contribution >= 0.6 is 23.1 Å². The molecule has 0 atom stereocenters. The number of fused-ring (bicyclic) bond motifs is 5. The monoisotopic (exact) mass is 451 g/mol. The van der Waals surface area contributed by atoms with Gasteiger partial charge in [0, 0.05) is 17.3 Å². The van der Waals surface area contributed by atoms with Crippen LogP contribution < -0.4 is 5.32 Å². The molecule has 0 spiro atoms. The molecule has 0 fully saturated rings. The van der Waals surface area contributed by atoms with Gasteiger partial charge in [0.2, 0.25) is 5.91 Å². The normalized spacial score (nSPS) is 13.8. The molecule has 1 aliphatic rings. The molecule has 160 valence electrons. The van der Waals surface area contributed by atoms with Crippen LogP contribution in [-0.2, 0) is 24.2 Å². The van der Waals surface area contributed by atoms with E-state index < -0.39 is 0 Å². The molecule has 0 radical (unpaired) electrons. The molecule has 0 saturated carbocycles. The molecule has 3 aromatic heterocycles. The maximum atomic E-state index is 12.4. The molecule has 1 amide bonds. The van der Waals surface area contributed by atoms with E-state index in [-0.39, 0.29) is 11.8 Å². The number of nitrogens with one attached hydrogen (secondary N) is 1. The maximum absolute atomic E-state index is 12.4. The summed E-state index contributed by atoms with van der Waals surface area (Å²) >= 11 is 3.24. The highest BCUT2D eigenvalue weighted by Crippen LogP contribution is 2.39. The van der Waals surface area contributed by atoms with Gasteiger partial charge < -0.3 is 5.32 Å². The number of hydrogen-bond acceptors (Lipinski definition) is 6. The quantitative estimate of drug-likeness (QED) is 0.428. The maximum Gasteiger partial charge on any atom is 0.230 e. The summed E-state index contributed by atoms with van der Waals surface area (Å²) in [5, 5.41) is 13.9. The van der Waals surface area contributed by atoms with Crippen LogP contribution in [0.1, 0.15) is 54.4 Å². The van der Waals surface area contributed by atoms with Crippen molar-refractivity contribution in [3.63, 3.8) is 0 Å². The van der Waals surface area contributed by atoms with Crippen molar-refractivity contribution in [2.75, 3.05) is 5.75 Å². The van der Waals surface area contributed by atoms with Crippen LogP contribution in [0.15, 0.2) is 35.5 Å². The first-order valence-corrected chi connectivity index (χ1v) is 12.5. The third-order valence-electron chi connectivity index (χ3n) is 5.64. The molecular formula is C23H25N5OS2. The van der Waals surface area contributed by atoms with Crippen molar-refractivity contribution in [1.29, 1.82) is 0 Å². The topological polar surface area (TPSA) is 72.2 Å². The largest absolute Gasteiger partial charge is 0.351 e. The molecule has 4 aromatic rings. The number of thiophene rings is 1. The Labute approximate surface area is 189 Å². The minimum atomic E-state index is -0.0151. The van der Waals surface area contributed by atoms with Crippen LogP contribution in [0, 0.1) is 0 Å². The Bertz CT molecular complexity index is 1250. The summed E-state index contributed by atoms with van der Waals surface area (Å²) < 4.78 is 2.07. The molecule has 1 N–H and O–H groups in total. The van der Waals surface area contributed by atoms with Gasteiger partial charge in [-0.25, -0.2) is 4.98 Å². The van der Waals surface area contributed by atoms with Crippen molar-refractivity contribution >= 4 is 44.9 Å². The summed E-state index contributed by atoms with van der Waals surface area (Å²) in [6.07, 6.45) is 4.69. The summed E-state index contributed by atoms with van der Waals surface area (Å²) in [5.74, 6) is 1.47. The van der Waals surface area contributed by atoms with Crippen LogP contribution in [0.5, 0.6) is 0 Å². The van der Waals surface area contributed by atoms with Crippen molar-refractivity contribution in [3.8, 4) is 0 Å². The molecule has 0 aliphatic heterocycles. The lowest BCUT2D eigenvalue weighted by Gasteiger charge is -2.12. The van der Waals surface area contributed by atoms with Crippen LogP contribution in [0.25, 0.3) is 15.9 Å². The fourth-order valence-electron chi connectivity index (χ4n) is 4.11. The SMILES string of the molecule is CC(C)c1nc2sc3c(c2c2nnc(SCC(=O)NCc4ccccc4)n12)CCCC3. The van der Waals surface area contributed by atoms with E-state index in [1.165, 1.54) is 35.0 Å². The Morgan fingerprint density at radius 2 is 2.00 bits per heavy atom. The highest BCUT2D eigenvalue weighted by Gasteiger charge is 2.24. The van der Waals surface area contributed by atoms with Crippen LogP contribution in [-0.4, -0.2) is 31.2 Å². The van der Waals surface area contributed by atoms with E-state index in [2.05, 4.69) is 33.8 Å². The van der Waals surface area contributed by atoms with Crippen molar-refractivity contribution in [1.82, 2.24) is 24.9 Å². The zero-order valence-corrected chi connectivity index (χ0v) is 19.4. The van der Waals surface area contributed by atoms with Crippen molar-refractivity contribution < 1.29 is 4.79 Å². The highest BCUT2D eigenvalue weighted by molar-refractivity contribution is 7.99. The molecule has 1 aromatic carbocycles. The van der Waals surface area contributed by atoms with Gasteiger partial charge in [-0.2, -0.15) is 0 Å². The zero-order valence-electron chi connectivity index (χ0n) is 17.7. The zero-order chi connectivity index (χ0) is 21.4. The van der Waals surface area contributed by atoms with Crippen LogP contribution in [0.2, 0.25) is 0 Å². The molecule has 6 nitrogen and oxygen atoms in total. The minimum absolute atomic E-state index is 0.0151. The van der Waals surface area contributed by atoms with Gasteiger partial charge in [-0.05, 0) is 36.8 Å². The van der Waals surface area contributed by atoms with Gasteiger partial charge in [-0.3, -0.25) is 9.20 Å². The smallest absolute Gasteiger partial charge is 0.230 e. The lowest BCUT2D eigenvalue weighted by Crippen LogP contribution is -2.24. The fourth-order valence-corrected chi connectivity index (χ4v) is 6.14. The minimum Gasteiger partial charge on any atom is -0.351 e. The molecule has 3 heterocycles. The second-order valence-corrected chi connectivity index (χ2v) is 10.2. The number of carbonyl (C=O) groups excluding carboxylic acids is 1. The first-order chi connectivity index (χ1) is 15.1. The standard InChI is InChI=1S/C23H25N5OS2/c1-14(2)20-25-22-19(16-10-6-7-11-17(16)31-22)21-26-27-23(28(20)21)30-13-18(29)24-12-15-8-4-3-5-9-15/h3-5,8-9,14H,6-7,10-13H2,1-2H3,(H,24,29). The van der Waals surface area contributed by atoms with Gasteiger partial charge >= 0.3 is 0 Å². The first-order valence-electron chi connectivity index (χ1n) is 10.7. The first kappa shape index (κ1) is 20.5. The van der Waals surface area contributed by atoms with E-state index in [0.717, 1.165) is 45.2 Å². The molecule has 5 rings (SSSR count). The Morgan fingerprint density at radius 1 is 1.19 bits per heavy atom. The number of hydrogen-bond donors (Lipinski definition) is 1.